The van der Waals surface area contributed by atoms with E-state index in [1.54, 1.807) is 37.3 Å². The van der Waals surface area contributed by atoms with Crippen LogP contribution in [0.4, 0.5) is 15.8 Å². The number of hydrogen-bond acceptors (Lipinski definition) is 7. The van der Waals surface area contributed by atoms with Gasteiger partial charge in [-0.1, -0.05) is 18.2 Å². The van der Waals surface area contributed by atoms with E-state index < -0.39 is 26.3 Å². The van der Waals surface area contributed by atoms with Gasteiger partial charge in [-0.25, -0.2) is 12.8 Å². The van der Waals surface area contributed by atoms with Crippen LogP contribution in [-0.2, 0) is 10.0 Å². The molecule has 1 aliphatic heterocycles. The smallest absolute Gasteiger partial charge is 0.295 e. The summed E-state index contributed by atoms with van der Waals surface area (Å²) in [4.78, 5) is 26.4. The summed E-state index contributed by atoms with van der Waals surface area (Å²) >= 11 is 0. The molecule has 0 aliphatic carbocycles. The minimum Gasteiger partial charge on any atom is -0.369 e. The fourth-order valence-electron chi connectivity index (χ4n) is 4.49. The largest absolute Gasteiger partial charge is 0.369 e. The molecule has 1 saturated heterocycles. The second-order valence-electron chi connectivity index (χ2n) is 8.62. The second-order valence-corrected chi connectivity index (χ2v) is 10.6. The van der Waals surface area contributed by atoms with E-state index in [4.69, 9.17) is 0 Å². The minimum atomic E-state index is -3.79. The van der Waals surface area contributed by atoms with Gasteiger partial charge in [0.1, 0.15) is 11.5 Å². The Labute approximate surface area is 211 Å². The van der Waals surface area contributed by atoms with E-state index in [-0.39, 0.29) is 29.4 Å². The third-order valence-corrected chi connectivity index (χ3v) is 8.34. The molecule has 37 heavy (non-hydrogen) atoms. The van der Waals surface area contributed by atoms with Crippen molar-refractivity contribution in [3.05, 3.63) is 98.7 Å². The van der Waals surface area contributed by atoms with Crippen molar-refractivity contribution in [2.24, 2.45) is 0 Å². The van der Waals surface area contributed by atoms with Crippen molar-refractivity contribution >= 4 is 32.2 Å². The fraction of sp³-hybridized carbons (Fsp3) is 0.200. The van der Waals surface area contributed by atoms with Gasteiger partial charge in [0.15, 0.2) is 0 Å². The number of rotatable bonds is 5. The third-order valence-electron chi connectivity index (χ3n) is 6.43. The lowest BCUT2D eigenvalue weighted by atomic mass is 10.1. The van der Waals surface area contributed by atoms with Crippen molar-refractivity contribution in [3.8, 4) is 5.69 Å². The predicted octanol–water partition coefficient (Wildman–Crippen LogP) is 3.25. The Morgan fingerprint density at radius 1 is 0.946 bits per heavy atom. The lowest BCUT2D eigenvalue weighted by molar-refractivity contribution is -0.384. The normalized spacial score (nSPS) is 14.7. The van der Waals surface area contributed by atoms with Crippen LogP contribution in [0.15, 0.2) is 76.4 Å². The van der Waals surface area contributed by atoms with Crippen LogP contribution in [-0.4, -0.2) is 53.6 Å². The van der Waals surface area contributed by atoms with Gasteiger partial charge in [0.25, 0.3) is 11.2 Å². The Morgan fingerprint density at radius 2 is 1.59 bits per heavy atom. The lowest BCUT2D eigenvalue weighted by Gasteiger charge is -2.35. The molecule has 1 aliphatic rings. The van der Waals surface area contributed by atoms with Gasteiger partial charge in [0.2, 0.25) is 10.0 Å². The zero-order valence-corrected chi connectivity index (χ0v) is 20.6. The van der Waals surface area contributed by atoms with Gasteiger partial charge in [0, 0.05) is 43.3 Å². The molecular weight excluding hydrogens is 501 g/mol. The molecule has 12 heteroatoms. The first kappa shape index (κ1) is 24.5. The molecule has 2 heterocycles. The van der Waals surface area contributed by atoms with E-state index in [2.05, 4.69) is 5.10 Å². The van der Waals surface area contributed by atoms with Gasteiger partial charge in [0.05, 0.1) is 20.9 Å². The molecule has 5 rings (SSSR count). The van der Waals surface area contributed by atoms with Crippen molar-refractivity contribution in [2.75, 3.05) is 31.1 Å². The maximum absolute atomic E-state index is 13.2. The minimum absolute atomic E-state index is 0.0112. The Morgan fingerprint density at radius 3 is 2.24 bits per heavy atom. The number of nitro benzene ring substituents is 1. The van der Waals surface area contributed by atoms with Crippen molar-refractivity contribution in [1.29, 1.82) is 0 Å². The summed E-state index contributed by atoms with van der Waals surface area (Å²) in [6.07, 6.45) is 0. The van der Waals surface area contributed by atoms with E-state index in [0.29, 0.717) is 35.2 Å². The molecule has 4 aromatic rings. The number of piperazine rings is 1. The van der Waals surface area contributed by atoms with E-state index in [1.165, 1.54) is 28.6 Å². The molecule has 0 unspecified atom stereocenters. The summed E-state index contributed by atoms with van der Waals surface area (Å²) in [7, 11) is -3.79. The molecule has 10 nitrogen and oxygen atoms in total. The molecule has 0 spiro atoms. The summed E-state index contributed by atoms with van der Waals surface area (Å²) in [6.45, 7) is 2.70. The number of anilines is 1. The quantitative estimate of drug-likeness (QED) is 0.291. The Hall–Kier alpha value is -4.16. The molecule has 0 atom stereocenters. The Balaban J connectivity index is 1.47. The number of halogens is 1. The van der Waals surface area contributed by atoms with Crippen LogP contribution < -0.4 is 10.5 Å². The van der Waals surface area contributed by atoms with Crippen molar-refractivity contribution in [3.63, 3.8) is 0 Å². The van der Waals surface area contributed by atoms with E-state index in [0.717, 1.165) is 16.8 Å². The van der Waals surface area contributed by atoms with Gasteiger partial charge >= 0.3 is 0 Å². The van der Waals surface area contributed by atoms with Gasteiger partial charge in [-0.2, -0.15) is 14.1 Å². The Kier molecular flexibility index (Phi) is 6.21. The number of benzene rings is 3. The van der Waals surface area contributed by atoms with Crippen molar-refractivity contribution < 1.29 is 17.7 Å². The highest BCUT2D eigenvalue weighted by Crippen LogP contribution is 2.29. The first-order valence-electron chi connectivity index (χ1n) is 11.4. The second kappa shape index (κ2) is 9.37. The molecular formula is C25H22FN5O5S. The van der Waals surface area contributed by atoms with E-state index >= 15 is 0 Å². The van der Waals surface area contributed by atoms with Crippen LogP contribution >= 0.6 is 0 Å². The van der Waals surface area contributed by atoms with Crippen molar-refractivity contribution in [2.45, 2.75) is 11.8 Å². The maximum atomic E-state index is 13.2. The maximum Gasteiger partial charge on any atom is 0.295 e. The van der Waals surface area contributed by atoms with Crippen LogP contribution in [0.1, 0.15) is 5.69 Å². The predicted molar refractivity (Wildman–Crippen MR) is 136 cm³/mol. The molecule has 0 N–H and O–H groups in total. The average molecular weight is 524 g/mol. The summed E-state index contributed by atoms with van der Waals surface area (Å²) in [5, 5.41) is 17.2. The number of hydrogen-bond donors (Lipinski definition) is 0. The monoisotopic (exact) mass is 523 g/mol. The zero-order chi connectivity index (χ0) is 26.3. The first-order valence-corrected chi connectivity index (χ1v) is 12.9. The fourth-order valence-corrected chi connectivity index (χ4v) is 5.91. The average Bonchev–Trinajstić information content (AvgIpc) is 2.90. The number of nitrogens with zero attached hydrogens (tertiary/aromatic N) is 5. The van der Waals surface area contributed by atoms with Crippen LogP contribution in [0.2, 0.25) is 0 Å². The number of fused-ring (bicyclic) bond motifs is 1. The summed E-state index contributed by atoms with van der Waals surface area (Å²) in [5.41, 5.74) is 0.429. The summed E-state index contributed by atoms with van der Waals surface area (Å²) in [6, 6.07) is 16.0. The highest BCUT2D eigenvalue weighted by Gasteiger charge is 2.29. The van der Waals surface area contributed by atoms with E-state index in [1.807, 2.05) is 4.90 Å². The standard InChI is InChI=1S/C25H22FN5O5S/c1-17-21-4-2-3-5-22(21)25(32)30(27-17)24-16-19(8-11-23(24)31(33)34)28-12-14-29(15-13-28)37(35,36)20-9-6-18(26)7-10-20/h2-11,16H,12-15H2,1H3. The molecule has 0 bridgehead atoms. The molecule has 0 saturated carbocycles. The van der Waals surface area contributed by atoms with E-state index in [9.17, 15) is 27.7 Å². The number of aryl methyl sites for hydroxylation is 1. The van der Waals surface area contributed by atoms with Gasteiger partial charge in [-0.05, 0) is 49.4 Å². The molecule has 1 aromatic heterocycles. The molecule has 1 fully saturated rings. The highest BCUT2D eigenvalue weighted by molar-refractivity contribution is 7.89. The number of aromatic nitrogens is 2. The van der Waals surface area contributed by atoms with Gasteiger partial charge in [-0.15, -0.1) is 0 Å². The van der Waals surface area contributed by atoms with Crippen LogP contribution in [0.3, 0.4) is 0 Å². The van der Waals surface area contributed by atoms with Gasteiger partial charge in [-0.3, -0.25) is 14.9 Å². The molecule has 3 aromatic carbocycles. The highest BCUT2D eigenvalue weighted by atomic mass is 32.2. The molecule has 190 valence electrons. The molecule has 0 radical (unpaired) electrons. The van der Waals surface area contributed by atoms with Crippen LogP contribution in [0.25, 0.3) is 16.5 Å². The zero-order valence-electron chi connectivity index (χ0n) is 19.7. The lowest BCUT2D eigenvalue weighted by Crippen LogP contribution is -2.48. The number of nitro groups is 1. The van der Waals surface area contributed by atoms with Crippen molar-refractivity contribution in [1.82, 2.24) is 14.1 Å². The first-order chi connectivity index (χ1) is 17.7. The molecule has 0 amide bonds. The summed E-state index contributed by atoms with van der Waals surface area (Å²) < 4.78 is 41.5. The van der Waals surface area contributed by atoms with Crippen LogP contribution in [0, 0.1) is 22.9 Å². The SMILES string of the molecule is Cc1nn(-c2cc(N3CCN(S(=O)(=O)c4ccc(F)cc4)CC3)ccc2[N+](=O)[O-])c(=O)c2ccccc12. The van der Waals surface area contributed by atoms with Gasteiger partial charge < -0.3 is 4.90 Å². The summed E-state index contributed by atoms with van der Waals surface area (Å²) in [5.74, 6) is -0.520. The third kappa shape index (κ3) is 4.45. The van der Waals surface area contributed by atoms with Crippen LogP contribution in [0.5, 0.6) is 0 Å². The number of sulfonamides is 1. The topological polar surface area (TPSA) is 119 Å². The Bertz CT molecular complexity index is 1680.